The summed E-state index contributed by atoms with van der Waals surface area (Å²) in [6.45, 7) is 6.06. The van der Waals surface area contributed by atoms with E-state index in [1.807, 2.05) is 0 Å². The van der Waals surface area contributed by atoms with E-state index in [4.69, 9.17) is 9.47 Å². The molecule has 0 N–H and O–H groups in total. The summed E-state index contributed by atoms with van der Waals surface area (Å²) in [6, 6.07) is 6.06. The molecule has 4 rings (SSSR count). The highest BCUT2D eigenvalue weighted by Gasteiger charge is 2.38. The topological polar surface area (TPSA) is 54.4 Å². The van der Waals surface area contributed by atoms with Crippen molar-refractivity contribution in [2.75, 3.05) is 39.8 Å². The molecule has 0 aliphatic carbocycles. The quantitative estimate of drug-likeness (QED) is 0.130. The lowest BCUT2D eigenvalue weighted by molar-refractivity contribution is -0.143. The van der Waals surface area contributed by atoms with Crippen LogP contribution in [-0.2, 0) is 23.8 Å². The van der Waals surface area contributed by atoms with Gasteiger partial charge in [0, 0.05) is 31.7 Å². The minimum absolute atomic E-state index is 0.0776. The predicted octanol–water partition coefficient (Wildman–Crippen LogP) is 8.26. The first-order chi connectivity index (χ1) is 21.4. The fourth-order valence-corrected chi connectivity index (χ4v) is 6.12. The van der Waals surface area contributed by atoms with Crippen LogP contribution in [0.1, 0.15) is 67.7 Å². The average molecular weight is 658 g/mol. The molecule has 246 valence electrons. The van der Waals surface area contributed by atoms with Crippen LogP contribution in [0.5, 0.6) is 11.5 Å². The number of nitrogens with zero attached hydrogens (tertiary/aromatic N) is 3. The van der Waals surface area contributed by atoms with E-state index in [9.17, 15) is 31.1 Å². The maximum atomic E-state index is 13.5. The van der Waals surface area contributed by atoms with Crippen molar-refractivity contribution in [3.8, 4) is 11.5 Å². The van der Waals surface area contributed by atoms with E-state index in [1.54, 1.807) is 18.2 Å². The molecule has 2 aliphatic heterocycles. The number of alkyl halides is 6. The summed E-state index contributed by atoms with van der Waals surface area (Å²) in [7, 11) is 1.35. The largest absolute Gasteiger partial charge is 0.493 e. The predicted molar refractivity (Wildman–Crippen MR) is 163 cm³/mol. The van der Waals surface area contributed by atoms with Crippen molar-refractivity contribution in [3.05, 3.63) is 63.6 Å². The molecule has 0 aromatic heterocycles. The zero-order chi connectivity index (χ0) is 32.6. The van der Waals surface area contributed by atoms with Crippen LogP contribution < -0.4 is 9.47 Å². The summed E-state index contributed by atoms with van der Waals surface area (Å²) in [5, 5.41) is 0.661. The van der Waals surface area contributed by atoms with E-state index in [0.717, 1.165) is 38.8 Å². The Bertz CT molecular complexity index is 1390. The highest BCUT2D eigenvalue weighted by Crippen LogP contribution is 2.39. The van der Waals surface area contributed by atoms with Gasteiger partial charge in [-0.2, -0.15) is 31.3 Å². The number of amides is 1. The molecule has 2 aliphatic rings. The Labute approximate surface area is 263 Å². The zero-order valence-electron chi connectivity index (χ0n) is 25.3. The zero-order valence-corrected chi connectivity index (χ0v) is 26.1. The second-order valence-electron chi connectivity index (χ2n) is 11.0. The molecule has 13 heteroatoms. The summed E-state index contributed by atoms with van der Waals surface area (Å²) >= 11 is 1.29. The van der Waals surface area contributed by atoms with Crippen LogP contribution in [-0.4, -0.2) is 60.7 Å². The van der Waals surface area contributed by atoms with Crippen molar-refractivity contribution in [1.82, 2.24) is 9.80 Å². The number of rotatable bonds is 12. The minimum atomic E-state index is -5.01. The second-order valence-corrected chi connectivity index (χ2v) is 12.0. The normalized spacial score (nSPS) is 17.2. The molecule has 0 radical (unpaired) electrons. The van der Waals surface area contributed by atoms with Gasteiger partial charge in [-0.15, -0.1) is 0 Å². The number of methoxy groups -OCH3 is 1. The number of carbonyl (C=O) groups excluding carboxylic acids is 1. The number of unbranched alkanes of at least 4 members (excludes halogenated alkanes) is 5. The van der Waals surface area contributed by atoms with Crippen LogP contribution in [0.25, 0.3) is 6.08 Å². The molecular weight excluding hydrogens is 620 g/mol. The highest BCUT2D eigenvalue weighted by atomic mass is 32.2. The van der Waals surface area contributed by atoms with Gasteiger partial charge in [0.2, 0.25) is 0 Å². The molecule has 2 aromatic carbocycles. The van der Waals surface area contributed by atoms with Crippen molar-refractivity contribution in [2.24, 2.45) is 4.99 Å². The maximum absolute atomic E-state index is 13.5. The van der Waals surface area contributed by atoms with Gasteiger partial charge in [0.05, 0.1) is 23.1 Å². The summed E-state index contributed by atoms with van der Waals surface area (Å²) < 4.78 is 90.4. The number of halogens is 6. The van der Waals surface area contributed by atoms with Crippen molar-refractivity contribution >= 4 is 28.9 Å². The number of thioether (sulfide) groups is 1. The van der Waals surface area contributed by atoms with Crippen LogP contribution in [0, 0.1) is 0 Å². The first-order valence-electron chi connectivity index (χ1n) is 15.0. The molecule has 0 unspecified atom stereocenters. The van der Waals surface area contributed by atoms with Crippen molar-refractivity contribution in [3.63, 3.8) is 0 Å². The molecule has 1 saturated heterocycles. The summed E-state index contributed by atoms with van der Waals surface area (Å²) in [4.78, 5) is 21.9. The lowest BCUT2D eigenvalue weighted by Crippen LogP contribution is -2.47. The molecule has 2 heterocycles. The Kier molecular flexibility index (Phi) is 11.9. The smallest absolute Gasteiger partial charge is 0.416 e. The van der Waals surface area contributed by atoms with Gasteiger partial charge in [-0.05, 0) is 60.6 Å². The van der Waals surface area contributed by atoms with E-state index in [-0.39, 0.29) is 23.5 Å². The van der Waals surface area contributed by atoms with Gasteiger partial charge in [-0.3, -0.25) is 9.69 Å². The molecule has 0 atom stereocenters. The first-order valence-corrected chi connectivity index (χ1v) is 15.8. The molecule has 2 aromatic rings. The standard InChI is InChI=1S/C32H37F6N3O3S/c1-3-4-5-6-7-8-13-40-14-16-41(17-15-40)30-39-29(42)28(45-30)19-22-9-12-26(27(18-22)43-2)44-21-23-10-11-24(31(33,34)35)20-25(23)32(36,37)38/h9-12,18-20H,3-8,13-17,21H2,1-2H3. The number of benzene rings is 2. The van der Waals surface area contributed by atoms with E-state index in [0.29, 0.717) is 21.7 Å². The van der Waals surface area contributed by atoms with E-state index >= 15 is 0 Å². The third kappa shape index (κ3) is 9.65. The molecule has 1 amide bonds. The second kappa shape index (κ2) is 15.4. The Balaban J connectivity index is 1.34. The van der Waals surface area contributed by atoms with Gasteiger partial charge in [0.25, 0.3) is 5.91 Å². The SMILES string of the molecule is CCCCCCCCN1CCN(C2=NC(=O)C(=Cc3ccc(OCc4ccc(C(F)(F)F)cc4C(F)(F)F)c(OC)c3)S2)CC1. The lowest BCUT2D eigenvalue weighted by atomic mass is 10.0. The number of carbonyl (C=O) groups is 1. The summed E-state index contributed by atoms with van der Waals surface area (Å²) in [6.07, 6.45) is -0.698. The number of aliphatic imine (C=N–C) groups is 1. The molecule has 0 bridgehead atoms. The van der Waals surface area contributed by atoms with Gasteiger partial charge in [-0.1, -0.05) is 51.2 Å². The lowest BCUT2D eigenvalue weighted by Gasteiger charge is -2.35. The first kappa shape index (κ1) is 34.7. The van der Waals surface area contributed by atoms with Gasteiger partial charge >= 0.3 is 12.4 Å². The molecular formula is C32H37F6N3O3S. The highest BCUT2D eigenvalue weighted by molar-refractivity contribution is 8.18. The molecule has 0 saturated carbocycles. The van der Waals surface area contributed by atoms with Crippen molar-refractivity contribution in [2.45, 2.75) is 64.4 Å². The average Bonchev–Trinajstić information content (AvgIpc) is 3.37. The fourth-order valence-electron chi connectivity index (χ4n) is 5.15. The number of amidine groups is 1. The van der Waals surface area contributed by atoms with Crippen LogP contribution >= 0.6 is 11.8 Å². The number of piperazine rings is 1. The van der Waals surface area contributed by atoms with Gasteiger partial charge in [0.1, 0.15) is 6.61 Å². The van der Waals surface area contributed by atoms with Gasteiger partial charge in [-0.25, -0.2) is 0 Å². The van der Waals surface area contributed by atoms with Crippen LogP contribution in [0.4, 0.5) is 26.3 Å². The Hall–Kier alpha value is -3.19. The van der Waals surface area contributed by atoms with E-state index < -0.39 is 35.6 Å². The van der Waals surface area contributed by atoms with Gasteiger partial charge in [0.15, 0.2) is 16.7 Å². The Morgan fingerprint density at radius 1 is 0.889 bits per heavy atom. The molecule has 1 fully saturated rings. The molecule has 0 spiro atoms. The molecule has 6 nitrogen and oxygen atoms in total. The minimum Gasteiger partial charge on any atom is -0.493 e. The van der Waals surface area contributed by atoms with Crippen LogP contribution in [0.15, 0.2) is 46.3 Å². The van der Waals surface area contributed by atoms with Crippen LogP contribution in [0.2, 0.25) is 0 Å². The Morgan fingerprint density at radius 2 is 1.60 bits per heavy atom. The Morgan fingerprint density at radius 3 is 2.27 bits per heavy atom. The van der Waals surface area contributed by atoms with Gasteiger partial charge < -0.3 is 14.4 Å². The van der Waals surface area contributed by atoms with E-state index in [1.165, 1.54) is 63.5 Å². The summed E-state index contributed by atoms with van der Waals surface area (Å²) in [5.41, 5.74) is -2.69. The molecule has 45 heavy (non-hydrogen) atoms. The monoisotopic (exact) mass is 657 g/mol. The number of hydrogen-bond donors (Lipinski definition) is 0. The van der Waals surface area contributed by atoms with Crippen molar-refractivity contribution in [1.29, 1.82) is 0 Å². The van der Waals surface area contributed by atoms with Crippen molar-refractivity contribution < 1.29 is 40.6 Å². The third-order valence-corrected chi connectivity index (χ3v) is 8.74. The third-order valence-electron chi connectivity index (χ3n) is 7.69. The number of hydrogen-bond acceptors (Lipinski definition) is 6. The fraction of sp³-hybridized carbons (Fsp3) is 0.500. The number of ether oxygens (including phenoxy) is 2. The van der Waals surface area contributed by atoms with Crippen LogP contribution in [0.3, 0.4) is 0 Å². The maximum Gasteiger partial charge on any atom is 0.416 e. The van der Waals surface area contributed by atoms with E-state index in [2.05, 4.69) is 21.7 Å². The summed E-state index contributed by atoms with van der Waals surface area (Å²) in [5.74, 6) is -0.0810.